The number of nitrogens with one attached hydrogen (secondary N) is 2. The number of nitrogens with zero attached hydrogens (tertiary/aromatic N) is 2. The minimum Gasteiger partial charge on any atom is -0.496 e. The highest BCUT2D eigenvalue weighted by atomic mass is 127. The number of amides is 1. The molecule has 1 heterocycles. The van der Waals surface area contributed by atoms with Crippen molar-refractivity contribution >= 4 is 35.8 Å². The first-order valence-corrected chi connectivity index (χ1v) is 9.70. The molecule has 156 valence electrons. The van der Waals surface area contributed by atoms with Crippen LogP contribution in [-0.2, 0) is 24.3 Å². The quantitative estimate of drug-likeness (QED) is 0.358. The van der Waals surface area contributed by atoms with Crippen molar-refractivity contribution in [2.24, 2.45) is 4.99 Å². The molecule has 0 radical (unpaired) electrons. The number of guanidine groups is 1. The Labute approximate surface area is 189 Å². The van der Waals surface area contributed by atoms with Crippen molar-refractivity contribution < 1.29 is 9.53 Å². The maximum Gasteiger partial charge on any atom is 0.242 e. The third-order valence-corrected chi connectivity index (χ3v) is 4.83. The van der Waals surface area contributed by atoms with Crippen molar-refractivity contribution in [1.29, 1.82) is 0 Å². The molecule has 7 heteroatoms. The zero-order valence-electron chi connectivity index (χ0n) is 17.0. The first-order valence-electron chi connectivity index (χ1n) is 9.70. The number of carbonyl (C=O) groups is 1. The Balaban J connectivity index is 0.00000300. The van der Waals surface area contributed by atoms with E-state index in [9.17, 15) is 4.79 Å². The SMILES string of the molecule is CCNC(=NCc1ccccc1OC)NCC(=O)N1CCc2ccccc2C1.I. The molecule has 0 saturated heterocycles. The Bertz CT molecular complexity index is 841. The molecule has 0 spiro atoms. The van der Waals surface area contributed by atoms with Gasteiger partial charge < -0.3 is 20.3 Å². The molecule has 0 saturated carbocycles. The first-order chi connectivity index (χ1) is 13.7. The highest BCUT2D eigenvalue weighted by molar-refractivity contribution is 14.0. The molecule has 2 N–H and O–H groups in total. The molecule has 1 amide bonds. The predicted octanol–water partition coefficient (Wildman–Crippen LogP) is 2.95. The summed E-state index contributed by atoms with van der Waals surface area (Å²) in [4.78, 5) is 19.1. The summed E-state index contributed by atoms with van der Waals surface area (Å²) in [7, 11) is 1.65. The van der Waals surface area contributed by atoms with Gasteiger partial charge in [-0.25, -0.2) is 4.99 Å². The maximum absolute atomic E-state index is 12.7. The number of para-hydroxylation sites is 1. The Hall–Kier alpha value is -2.29. The lowest BCUT2D eigenvalue weighted by atomic mass is 10.00. The summed E-state index contributed by atoms with van der Waals surface area (Å²) < 4.78 is 5.37. The molecular weight excluding hydrogens is 479 g/mol. The molecule has 29 heavy (non-hydrogen) atoms. The molecule has 2 aromatic carbocycles. The van der Waals surface area contributed by atoms with Gasteiger partial charge in [0.15, 0.2) is 5.96 Å². The van der Waals surface area contributed by atoms with Gasteiger partial charge in [0.05, 0.1) is 20.2 Å². The van der Waals surface area contributed by atoms with Gasteiger partial charge in [-0.3, -0.25) is 4.79 Å². The number of methoxy groups -OCH3 is 1. The Kier molecular flexibility index (Phi) is 9.24. The summed E-state index contributed by atoms with van der Waals surface area (Å²) >= 11 is 0. The van der Waals surface area contributed by atoms with Crippen LogP contribution >= 0.6 is 24.0 Å². The number of fused-ring (bicyclic) bond motifs is 1. The number of hydrogen-bond donors (Lipinski definition) is 2. The second kappa shape index (κ2) is 11.6. The van der Waals surface area contributed by atoms with E-state index in [1.165, 1.54) is 11.1 Å². The van der Waals surface area contributed by atoms with Gasteiger partial charge >= 0.3 is 0 Å². The predicted molar refractivity (Wildman–Crippen MR) is 127 cm³/mol. The third-order valence-electron chi connectivity index (χ3n) is 4.83. The molecule has 0 atom stereocenters. The van der Waals surface area contributed by atoms with Gasteiger partial charge in [0.1, 0.15) is 5.75 Å². The summed E-state index contributed by atoms with van der Waals surface area (Å²) in [5.74, 6) is 1.52. The van der Waals surface area contributed by atoms with E-state index in [-0.39, 0.29) is 36.4 Å². The van der Waals surface area contributed by atoms with Crippen LogP contribution in [0.3, 0.4) is 0 Å². The van der Waals surface area contributed by atoms with Crippen molar-refractivity contribution in [2.45, 2.75) is 26.4 Å². The van der Waals surface area contributed by atoms with E-state index in [2.05, 4.69) is 33.8 Å². The van der Waals surface area contributed by atoms with Crippen molar-refractivity contribution in [3.63, 3.8) is 0 Å². The van der Waals surface area contributed by atoms with E-state index in [1.54, 1.807) is 7.11 Å². The molecule has 0 aromatic heterocycles. The highest BCUT2D eigenvalue weighted by Gasteiger charge is 2.20. The van der Waals surface area contributed by atoms with Gasteiger partial charge in [0, 0.05) is 25.2 Å². The Morgan fingerprint density at radius 1 is 1.10 bits per heavy atom. The largest absolute Gasteiger partial charge is 0.496 e. The molecule has 1 aliphatic heterocycles. The van der Waals surface area contributed by atoms with Crippen LogP contribution in [0.4, 0.5) is 0 Å². The molecule has 3 rings (SSSR count). The molecule has 2 aromatic rings. The Morgan fingerprint density at radius 2 is 1.83 bits per heavy atom. The van der Waals surface area contributed by atoms with E-state index in [0.29, 0.717) is 19.0 Å². The molecule has 0 bridgehead atoms. The Morgan fingerprint density at radius 3 is 2.59 bits per heavy atom. The van der Waals surface area contributed by atoms with Gasteiger partial charge in [-0.2, -0.15) is 0 Å². The standard InChI is InChI=1S/C22H28N4O2.HI/c1-3-23-22(24-14-18-9-6-7-11-20(18)28-2)25-15-21(27)26-13-12-17-8-4-5-10-19(17)16-26;/h4-11H,3,12-16H2,1-2H3,(H2,23,24,25);1H. The average Bonchev–Trinajstić information content (AvgIpc) is 2.75. The van der Waals surface area contributed by atoms with Crippen molar-refractivity contribution in [3.05, 3.63) is 65.2 Å². The second-order valence-electron chi connectivity index (χ2n) is 6.69. The summed E-state index contributed by atoms with van der Waals surface area (Å²) in [6, 6.07) is 16.1. The van der Waals surface area contributed by atoms with E-state index in [4.69, 9.17) is 4.74 Å². The van der Waals surface area contributed by atoms with Gasteiger partial charge in [0.2, 0.25) is 5.91 Å². The molecule has 0 fully saturated rings. The molecule has 1 aliphatic rings. The van der Waals surface area contributed by atoms with Gasteiger partial charge in [-0.05, 0) is 30.5 Å². The molecule has 0 aliphatic carbocycles. The minimum absolute atomic E-state index is 0. The molecular formula is C22H29IN4O2. The number of halogens is 1. The van der Waals surface area contributed by atoms with E-state index in [1.807, 2.05) is 42.2 Å². The summed E-state index contributed by atoms with van der Waals surface area (Å²) in [6.07, 6.45) is 0.907. The fraction of sp³-hybridized carbons (Fsp3) is 0.364. The number of aliphatic imine (C=N–C) groups is 1. The van der Waals surface area contributed by atoms with E-state index < -0.39 is 0 Å². The number of benzene rings is 2. The van der Waals surface area contributed by atoms with Crippen LogP contribution in [0.2, 0.25) is 0 Å². The second-order valence-corrected chi connectivity index (χ2v) is 6.69. The minimum atomic E-state index is 0. The molecule has 6 nitrogen and oxygen atoms in total. The summed E-state index contributed by atoms with van der Waals surface area (Å²) in [5.41, 5.74) is 3.58. The maximum atomic E-state index is 12.7. The fourth-order valence-corrected chi connectivity index (χ4v) is 3.32. The van der Waals surface area contributed by atoms with Crippen LogP contribution in [0.25, 0.3) is 0 Å². The highest BCUT2D eigenvalue weighted by Crippen LogP contribution is 2.19. The average molecular weight is 508 g/mol. The lowest BCUT2D eigenvalue weighted by Crippen LogP contribution is -2.45. The van der Waals surface area contributed by atoms with E-state index in [0.717, 1.165) is 30.8 Å². The number of rotatable bonds is 6. The zero-order valence-corrected chi connectivity index (χ0v) is 19.3. The normalized spacial score (nSPS) is 13.2. The fourth-order valence-electron chi connectivity index (χ4n) is 3.32. The van der Waals surface area contributed by atoms with Crippen LogP contribution < -0.4 is 15.4 Å². The number of ether oxygens (including phenoxy) is 1. The lowest BCUT2D eigenvalue weighted by molar-refractivity contribution is -0.130. The van der Waals surface area contributed by atoms with Gasteiger partial charge in [-0.15, -0.1) is 24.0 Å². The summed E-state index contributed by atoms with van der Waals surface area (Å²) in [5, 5.41) is 6.35. The smallest absolute Gasteiger partial charge is 0.242 e. The molecule has 0 unspecified atom stereocenters. The van der Waals surface area contributed by atoms with Gasteiger partial charge in [0.25, 0.3) is 0 Å². The zero-order chi connectivity index (χ0) is 19.8. The van der Waals surface area contributed by atoms with Crippen molar-refractivity contribution in [2.75, 3.05) is 26.7 Å². The third kappa shape index (κ3) is 6.35. The first kappa shape index (κ1) is 23.0. The monoisotopic (exact) mass is 508 g/mol. The van der Waals surface area contributed by atoms with Crippen LogP contribution in [0, 0.1) is 0 Å². The van der Waals surface area contributed by atoms with Crippen LogP contribution in [-0.4, -0.2) is 43.5 Å². The van der Waals surface area contributed by atoms with Crippen molar-refractivity contribution in [1.82, 2.24) is 15.5 Å². The van der Waals surface area contributed by atoms with Crippen LogP contribution in [0.15, 0.2) is 53.5 Å². The number of carbonyl (C=O) groups excluding carboxylic acids is 1. The number of hydrogen-bond acceptors (Lipinski definition) is 3. The van der Waals surface area contributed by atoms with Crippen LogP contribution in [0.1, 0.15) is 23.6 Å². The van der Waals surface area contributed by atoms with Crippen LogP contribution in [0.5, 0.6) is 5.75 Å². The summed E-state index contributed by atoms with van der Waals surface area (Å²) in [6.45, 7) is 4.86. The van der Waals surface area contributed by atoms with E-state index >= 15 is 0 Å². The van der Waals surface area contributed by atoms with Gasteiger partial charge in [-0.1, -0.05) is 42.5 Å². The topological polar surface area (TPSA) is 66.0 Å². The van der Waals surface area contributed by atoms with Crippen molar-refractivity contribution in [3.8, 4) is 5.75 Å². The lowest BCUT2D eigenvalue weighted by Gasteiger charge is -2.29.